The fourth-order valence-corrected chi connectivity index (χ4v) is 2.06. The van der Waals surface area contributed by atoms with Crippen LogP contribution < -0.4 is 5.32 Å². The standard InChI is InChI=1S/C12H7N3O3S/c13-7-8-6-9(15(17)18)3-4-10(8)14-12(16)11-2-1-5-19-11/h1-6H,(H,14,16). The summed E-state index contributed by atoms with van der Waals surface area (Å²) in [6, 6.07) is 8.93. The minimum Gasteiger partial charge on any atom is -0.320 e. The molecule has 0 atom stereocenters. The van der Waals surface area contributed by atoms with Crippen LogP contribution in [0, 0.1) is 21.4 Å². The average molecular weight is 273 g/mol. The van der Waals surface area contributed by atoms with Crippen LogP contribution in [0.5, 0.6) is 0 Å². The third-order valence-electron chi connectivity index (χ3n) is 2.33. The first-order chi connectivity index (χ1) is 9.11. The van der Waals surface area contributed by atoms with Crippen LogP contribution in [-0.2, 0) is 0 Å². The Bertz CT molecular complexity index is 674. The molecule has 2 aromatic rings. The molecule has 0 spiro atoms. The molecule has 0 aliphatic carbocycles. The maximum Gasteiger partial charge on any atom is 0.270 e. The van der Waals surface area contributed by atoms with Gasteiger partial charge in [0.25, 0.3) is 11.6 Å². The summed E-state index contributed by atoms with van der Waals surface area (Å²) in [5.74, 6) is -0.347. The lowest BCUT2D eigenvalue weighted by molar-refractivity contribution is -0.384. The molecular formula is C12H7N3O3S. The average Bonchev–Trinajstić information content (AvgIpc) is 2.92. The van der Waals surface area contributed by atoms with Gasteiger partial charge in [-0.05, 0) is 17.5 Å². The number of carbonyl (C=O) groups is 1. The number of rotatable bonds is 3. The lowest BCUT2D eigenvalue weighted by Crippen LogP contribution is -2.11. The lowest BCUT2D eigenvalue weighted by Gasteiger charge is -2.05. The van der Waals surface area contributed by atoms with Gasteiger partial charge in [0.05, 0.1) is 21.1 Å². The molecule has 1 aromatic carbocycles. The molecule has 1 N–H and O–H groups in total. The van der Waals surface area contributed by atoms with Gasteiger partial charge in [0.2, 0.25) is 0 Å². The second-order valence-electron chi connectivity index (χ2n) is 3.53. The number of hydrogen-bond acceptors (Lipinski definition) is 5. The van der Waals surface area contributed by atoms with E-state index < -0.39 is 4.92 Å². The maximum absolute atomic E-state index is 11.8. The van der Waals surface area contributed by atoms with Crippen LogP contribution in [0.2, 0.25) is 0 Å². The molecule has 0 bridgehead atoms. The van der Waals surface area contributed by atoms with Gasteiger partial charge in [-0.25, -0.2) is 0 Å². The Labute approximate surface area is 112 Å². The SMILES string of the molecule is N#Cc1cc([N+](=O)[O-])ccc1NC(=O)c1cccs1. The van der Waals surface area contributed by atoms with Gasteiger partial charge in [0.1, 0.15) is 6.07 Å². The fraction of sp³-hybridized carbons (Fsp3) is 0. The Morgan fingerprint density at radius 3 is 2.79 bits per heavy atom. The Hall–Kier alpha value is -2.72. The third-order valence-corrected chi connectivity index (χ3v) is 3.20. The number of nitrogens with zero attached hydrogens (tertiary/aromatic N) is 2. The second-order valence-corrected chi connectivity index (χ2v) is 4.48. The largest absolute Gasteiger partial charge is 0.320 e. The summed E-state index contributed by atoms with van der Waals surface area (Å²) in [5.41, 5.74) is 0.122. The van der Waals surface area contributed by atoms with Crippen LogP contribution in [0.25, 0.3) is 0 Å². The predicted octanol–water partition coefficient (Wildman–Crippen LogP) is 2.78. The molecule has 7 heteroatoms. The Balaban J connectivity index is 2.28. The number of anilines is 1. The van der Waals surface area contributed by atoms with E-state index in [1.807, 2.05) is 6.07 Å². The van der Waals surface area contributed by atoms with Crippen molar-refractivity contribution in [2.24, 2.45) is 0 Å². The zero-order valence-corrected chi connectivity index (χ0v) is 10.3. The number of carbonyl (C=O) groups excluding carboxylic acids is 1. The van der Waals surface area contributed by atoms with E-state index >= 15 is 0 Å². The highest BCUT2D eigenvalue weighted by molar-refractivity contribution is 7.12. The quantitative estimate of drug-likeness (QED) is 0.686. The molecule has 0 saturated carbocycles. The molecular weight excluding hydrogens is 266 g/mol. The van der Waals surface area contributed by atoms with E-state index in [2.05, 4.69) is 5.32 Å². The van der Waals surface area contributed by atoms with Crippen LogP contribution in [0.15, 0.2) is 35.7 Å². The zero-order chi connectivity index (χ0) is 13.8. The van der Waals surface area contributed by atoms with Crippen molar-refractivity contribution in [1.82, 2.24) is 0 Å². The normalized spacial score (nSPS) is 9.63. The first-order valence-corrected chi connectivity index (χ1v) is 6.03. The molecule has 1 heterocycles. The Morgan fingerprint density at radius 2 is 2.21 bits per heavy atom. The van der Waals surface area contributed by atoms with Gasteiger partial charge in [0, 0.05) is 12.1 Å². The number of non-ortho nitro benzene ring substituents is 1. The van der Waals surface area contributed by atoms with Crippen molar-refractivity contribution in [3.8, 4) is 6.07 Å². The molecule has 0 fully saturated rings. The Kier molecular flexibility index (Phi) is 3.54. The minimum absolute atomic E-state index is 0.0547. The van der Waals surface area contributed by atoms with Gasteiger partial charge in [-0.15, -0.1) is 11.3 Å². The second kappa shape index (κ2) is 5.29. The molecule has 1 amide bonds. The van der Waals surface area contributed by atoms with Crippen molar-refractivity contribution in [2.75, 3.05) is 5.32 Å². The number of amides is 1. The van der Waals surface area contributed by atoms with Crippen LogP contribution in [0.4, 0.5) is 11.4 Å². The zero-order valence-electron chi connectivity index (χ0n) is 9.49. The van der Waals surface area contributed by atoms with Gasteiger partial charge < -0.3 is 5.32 Å². The highest BCUT2D eigenvalue weighted by Gasteiger charge is 2.13. The van der Waals surface area contributed by atoms with Gasteiger partial charge in [-0.1, -0.05) is 6.07 Å². The molecule has 6 nitrogen and oxygen atoms in total. The van der Waals surface area contributed by atoms with E-state index in [0.29, 0.717) is 4.88 Å². The van der Waals surface area contributed by atoms with Gasteiger partial charge in [-0.2, -0.15) is 5.26 Å². The van der Waals surface area contributed by atoms with Crippen molar-refractivity contribution in [3.05, 3.63) is 56.3 Å². The number of benzene rings is 1. The van der Waals surface area contributed by atoms with Crippen molar-refractivity contribution in [3.63, 3.8) is 0 Å². The summed E-state index contributed by atoms with van der Waals surface area (Å²) in [6.45, 7) is 0. The van der Waals surface area contributed by atoms with E-state index in [4.69, 9.17) is 5.26 Å². The predicted molar refractivity (Wildman–Crippen MR) is 70.1 cm³/mol. The van der Waals surface area contributed by atoms with Crippen molar-refractivity contribution < 1.29 is 9.72 Å². The summed E-state index contributed by atoms with van der Waals surface area (Å²) < 4.78 is 0. The lowest BCUT2D eigenvalue weighted by atomic mass is 10.1. The summed E-state index contributed by atoms with van der Waals surface area (Å²) in [4.78, 5) is 22.3. The molecule has 1 aromatic heterocycles. The highest BCUT2D eigenvalue weighted by atomic mass is 32.1. The van der Waals surface area contributed by atoms with Gasteiger partial charge in [-0.3, -0.25) is 14.9 Å². The maximum atomic E-state index is 11.8. The molecule has 0 unspecified atom stereocenters. The summed E-state index contributed by atoms with van der Waals surface area (Å²) >= 11 is 1.27. The van der Waals surface area contributed by atoms with Crippen LogP contribution >= 0.6 is 11.3 Å². The monoisotopic (exact) mass is 273 g/mol. The molecule has 19 heavy (non-hydrogen) atoms. The van der Waals surface area contributed by atoms with E-state index in [9.17, 15) is 14.9 Å². The van der Waals surface area contributed by atoms with Crippen LogP contribution in [-0.4, -0.2) is 10.8 Å². The van der Waals surface area contributed by atoms with E-state index in [1.165, 1.54) is 23.5 Å². The van der Waals surface area contributed by atoms with Gasteiger partial charge >= 0.3 is 0 Å². The van der Waals surface area contributed by atoms with Crippen molar-refractivity contribution in [2.45, 2.75) is 0 Å². The molecule has 0 aliphatic heterocycles. The minimum atomic E-state index is -0.592. The summed E-state index contributed by atoms with van der Waals surface area (Å²) in [6.07, 6.45) is 0. The molecule has 0 aliphatic rings. The molecule has 94 valence electrons. The van der Waals surface area contributed by atoms with Crippen LogP contribution in [0.3, 0.4) is 0 Å². The van der Waals surface area contributed by atoms with Crippen molar-refractivity contribution in [1.29, 1.82) is 5.26 Å². The molecule has 0 radical (unpaired) electrons. The molecule has 2 rings (SSSR count). The van der Waals surface area contributed by atoms with Crippen LogP contribution in [0.1, 0.15) is 15.2 Å². The number of nitro benzene ring substituents is 1. The topological polar surface area (TPSA) is 96.0 Å². The third kappa shape index (κ3) is 2.75. The van der Waals surface area contributed by atoms with Gasteiger partial charge in [0.15, 0.2) is 0 Å². The smallest absolute Gasteiger partial charge is 0.270 e. The first-order valence-electron chi connectivity index (χ1n) is 5.15. The number of hydrogen-bond donors (Lipinski definition) is 1. The van der Waals surface area contributed by atoms with Crippen molar-refractivity contribution >= 4 is 28.6 Å². The highest BCUT2D eigenvalue weighted by Crippen LogP contribution is 2.22. The van der Waals surface area contributed by atoms with E-state index in [1.54, 1.807) is 17.5 Å². The molecule has 0 saturated heterocycles. The first kappa shape index (κ1) is 12.7. The van der Waals surface area contributed by atoms with E-state index in [0.717, 1.165) is 6.07 Å². The summed E-state index contributed by atoms with van der Waals surface area (Å²) in [7, 11) is 0. The number of thiophene rings is 1. The Morgan fingerprint density at radius 1 is 1.42 bits per heavy atom. The summed E-state index contributed by atoms with van der Waals surface area (Å²) in [5, 5.41) is 23.9. The number of nitrogens with one attached hydrogen (secondary N) is 1. The van der Waals surface area contributed by atoms with E-state index in [-0.39, 0.29) is 22.8 Å². The number of nitriles is 1. The fourth-order valence-electron chi connectivity index (χ4n) is 1.44. The number of nitro groups is 1.